The first kappa shape index (κ1) is 38.6. The third-order valence-electron chi connectivity index (χ3n) is 0.825. The van der Waals surface area contributed by atoms with Gasteiger partial charge in [-0.15, -0.1) is 0 Å². The molecule has 0 radical (unpaired) electrons. The lowest BCUT2D eigenvalue weighted by atomic mass is 10.3. The summed E-state index contributed by atoms with van der Waals surface area (Å²) >= 11 is 0. The van der Waals surface area contributed by atoms with Gasteiger partial charge in [0.25, 0.3) is 0 Å². The molecule has 0 spiro atoms. The molecule has 0 aromatic carbocycles. The molecule has 0 aromatic rings. The van der Waals surface area contributed by atoms with Crippen molar-refractivity contribution in [3.05, 3.63) is 11.8 Å². The first-order valence-corrected chi connectivity index (χ1v) is 2.37. The van der Waals surface area contributed by atoms with Crippen molar-refractivity contribution in [2.24, 2.45) is 10.2 Å². The van der Waals surface area contributed by atoms with E-state index in [2.05, 4.69) is 10.2 Å². The van der Waals surface area contributed by atoms with E-state index in [4.69, 9.17) is 0 Å². The molecule has 9 heteroatoms. The van der Waals surface area contributed by atoms with Crippen molar-refractivity contribution in [1.29, 1.82) is 0 Å². The number of ketones is 1. The highest BCUT2D eigenvalue weighted by Crippen LogP contribution is 2.00. The highest BCUT2D eigenvalue weighted by molar-refractivity contribution is 5.92. The fraction of sp³-hybridized carbons (Fsp3) is 0.400. The smallest absolute Gasteiger partial charge is 0.180 e. The molecule has 0 amide bonds. The van der Waals surface area contributed by atoms with Gasteiger partial charge in [-0.05, 0) is 6.92 Å². The minimum Gasteiger partial charge on any atom is -0.412 e. The summed E-state index contributed by atoms with van der Waals surface area (Å²) in [6.45, 7) is 1.97. The number of rotatable bonds is 0. The number of azo groups is 1. The lowest BCUT2D eigenvalue weighted by Gasteiger charge is -1.94. The predicted molar refractivity (Wildman–Crippen MR) is 50.2 cm³/mol. The van der Waals surface area contributed by atoms with Gasteiger partial charge < -0.3 is 32.9 Å². The number of hydrogen-bond donors (Lipinski definition) is 0. The van der Waals surface area contributed by atoms with Crippen molar-refractivity contribution in [2.45, 2.75) is 6.92 Å². The van der Waals surface area contributed by atoms with Crippen LogP contribution in [-0.4, -0.2) is 45.2 Å². The van der Waals surface area contributed by atoms with E-state index in [1.807, 2.05) is 0 Å². The molecule has 0 unspecified atom stereocenters. The van der Waals surface area contributed by atoms with E-state index in [-0.39, 0.29) is 45.2 Å². The molecule has 9 nitrogen and oxygen atoms in total. The van der Waals surface area contributed by atoms with E-state index in [1.54, 1.807) is 6.92 Å². The molecular formula is C5H18N2O7. The van der Waals surface area contributed by atoms with Crippen LogP contribution in [0, 0.1) is 0 Å². The third kappa shape index (κ3) is 13.4. The van der Waals surface area contributed by atoms with Crippen LogP contribution in [0.5, 0.6) is 0 Å². The molecule has 0 aromatic heterocycles. The number of allylic oxidation sites excluding steroid dienone is 1. The standard InChI is InChI=1S/C5H6N2O.6H2O/c1-4-2-5(8)3-6-7-4;;;;;;/h2H,3H2,1H3;6*1H2. The first-order valence-electron chi connectivity index (χ1n) is 2.37. The Hall–Kier alpha value is -1.23. The maximum absolute atomic E-state index is 10.4. The SMILES string of the molecule is CC1=CC(=O)CN=N1.O.O.O.O.O.O. The third-order valence-corrected chi connectivity index (χ3v) is 0.825. The summed E-state index contributed by atoms with van der Waals surface area (Å²) in [5, 5.41) is 7.19. The van der Waals surface area contributed by atoms with Crippen LogP contribution >= 0.6 is 0 Å². The minimum absolute atomic E-state index is 0. The number of hydrogen-bond acceptors (Lipinski definition) is 3. The van der Waals surface area contributed by atoms with Crippen molar-refractivity contribution >= 4 is 5.78 Å². The monoisotopic (exact) mass is 218 g/mol. The average molecular weight is 218 g/mol. The summed E-state index contributed by atoms with van der Waals surface area (Å²) in [4.78, 5) is 10.4. The Labute approximate surface area is 80.0 Å². The van der Waals surface area contributed by atoms with E-state index in [0.29, 0.717) is 5.70 Å². The lowest BCUT2D eigenvalue weighted by molar-refractivity contribution is -0.113. The highest BCUT2D eigenvalue weighted by atomic mass is 16.1. The fourth-order valence-electron chi connectivity index (χ4n) is 0.524. The molecule has 0 fully saturated rings. The van der Waals surface area contributed by atoms with Crippen LogP contribution in [0.2, 0.25) is 0 Å². The topological polar surface area (TPSA) is 231 Å². The van der Waals surface area contributed by atoms with Gasteiger partial charge in [0.15, 0.2) is 5.78 Å². The molecule has 14 heavy (non-hydrogen) atoms. The maximum atomic E-state index is 10.4. The van der Waals surface area contributed by atoms with Gasteiger partial charge in [-0.2, -0.15) is 10.2 Å². The molecule has 0 aliphatic carbocycles. The second kappa shape index (κ2) is 17.8. The quantitative estimate of drug-likeness (QED) is 0.388. The van der Waals surface area contributed by atoms with Crippen molar-refractivity contribution in [2.75, 3.05) is 6.54 Å². The van der Waals surface area contributed by atoms with Gasteiger partial charge >= 0.3 is 0 Å². The lowest BCUT2D eigenvalue weighted by Crippen LogP contribution is -2.00. The molecule has 12 N–H and O–H groups in total. The number of nitrogens with zero attached hydrogens (tertiary/aromatic N) is 2. The summed E-state index contributed by atoms with van der Waals surface area (Å²) in [5.74, 6) is 0.0394. The van der Waals surface area contributed by atoms with E-state index in [1.165, 1.54) is 6.08 Å². The van der Waals surface area contributed by atoms with Crippen LogP contribution in [0.4, 0.5) is 0 Å². The van der Waals surface area contributed by atoms with E-state index in [0.717, 1.165) is 0 Å². The minimum atomic E-state index is 0. The largest absolute Gasteiger partial charge is 0.412 e. The molecule has 90 valence electrons. The molecule has 0 atom stereocenters. The summed E-state index contributed by atoms with van der Waals surface area (Å²) in [7, 11) is 0. The maximum Gasteiger partial charge on any atom is 0.180 e. The molecule has 1 aliphatic rings. The van der Waals surface area contributed by atoms with E-state index in [9.17, 15) is 4.79 Å². The van der Waals surface area contributed by atoms with Gasteiger partial charge in [0.1, 0.15) is 6.54 Å². The molecule has 0 saturated heterocycles. The molecule has 1 heterocycles. The van der Waals surface area contributed by atoms with Gasteiger partial charge in [0.05, 0.1) is 5.70 Å². The zero-order chi connectivity index (χ0) is 5.98. The summed E-state index contributed by atoms with van der Waals surface area (Å²) < 4.78 is 0. The zero-order valence-corrected chi connectivity index (χ0v) is 7.59. The second-order valence-corrected chi connectivity index (χ2v) is 1.65. The van der Waals surface area contributed by atoms with Gasteiger partial charge in [-0.3, -0.25) is 4.79 Å². The van der Waals surface area contributed by atoms with Crippen molar-refractivity contribution < 1.29 is 37.7 Å². The zero-order valence-electron chi connectivity index (χ0n) is 7.59. The van der Waals surface area contributed by atoms with Gasteiger partial charge in [0.2, 0.25) is 0 Å². The first-order chi connectivity index (χ1) is 3.79. The highest BCUT2D eigenvalue weighted by Gasteiger charge is 2.00. The summed E-state index contributed by atoms with van der Waals surface area (Å²) in [5.41, 5.74) is 0.696. The number of carbonyl (C=O) groups is 1. The van der Waals surface area contributed by atoms with Crippen molar-refractivity contribution in [3.8, 4) is 0 Å². The van der Waals surface area contributed by atoms with Crippen molar-refractivity contribution in [1.82, 2.24) is 0 Å². The summed E-state index contributed by atoms with van der Waals surface area (Å²) in [6, 6.07) is 0. The van der Waals surface area contributed by atoms with Gasteiger partial charge in [-0.25, -0.2) is 0 Å². The second-order valence-electron chi connectivity index (χ2n) is 1.65. The Kier molecular flexibility index (Phi) is 48.9. The van der Waals surface area contributed by atoms with Crippen LogP contribution in [0.3, 0.4) is 0 Å². The van der Waals surface area contributed by atoms with Crippen LogP contribution in [0.15, 0.2) is 22.0 Å². The fourth-order valence-corrected chi connectivity index (χ4v) is 0.524. The Morgan fingerprint density at radius 2 is 1.50 bits per heavy atom. The van der Waals surface area contributed by atoms with Crippen LogP contribution < -0.4 is 0 Å². The Bertz CT molecular complexity index is 179. The van der Waals surface area contributed by atoms with E-state index >= 15 is 0 Å². The predicted octanol–water partition coefficient (Wildman–Crippen LogP) is -4.02. The molecule has 0 bridgehead atoms. The Morgan fingerprint density at radius 1 is 1.07 bits per heavy atom. The molecule has 1 aliphatic heterocycles. The average Bonchev–Trinajstić information content (AvgIpc) is 1.64. The van der Waals surface area contributed by atoms with E-state index < -0.39 is 0 Å². The van der Waals surface area contributed by atoms with Crippen LogP contribution in [0.1, 0.15) is 6.92 Å². The Morgan fingerprint density at radius 3 is 1.71 bits per heavy atom. The number of carbonyl (C=O) groups excluding carboxylic acids is 1. The van der Waals surface area contributed by atoms with Crippen molar-refractivity contribution in [3.63, 3.8) is 0 Å². The van der Waals surface area contributed by atoms with Gasteiger partial charge in [0, 0.05) is 6.08 Å². The molecular weight excluding hydrogens is 200 g/mol. The summed E-state index contributed by atoms with van der Waals surface area (Å²) in [6.07, 6.45) is 1.49. The Balaban J connectivity index is -0.0000000267. The van der Waals surface area contributed by atoms with Crippen LogP contribution in [0.25, 0.3) is 0 Å². The molecule has 0 saturated carbocycles. The normalized spacial score (nSPS) is 10.6. The van der Waals surface area contributed by atoms with Crippen LogP contribution in [-0.2, 0) is 4.79 Å². The molecule has 1 rings (SSSR count). The van der Waals surface area contributed by atoms with Gasteiger partial charge in [-0.1, -0.05) is 0 Å².